The molecule has 0 spiro atoms. The minimum absolute atomic E-state index is 0. The molecular formula is C38H38Cl4N4O4. The van der Waals surface area contributed by atoms with Crippen molar-refractivity contribution in [3.8, 4) is 17.0 Å². The highest BCUT2D eigenvalue weighted by atomic mass is 35.5. The Bertz CT molecular complexity index is 1890. The Morgan fingerprint density at radius 2 is 1.64 bits per heavy atom. The number of carbonyl (C=O) groups excluding carboxylic acids is 1. The summed E-state index contributed by atoms with van der Waals surface area (Å²) in [5.74, 6) is 0.144. The van der Waals surface area contributed by atoms with E-state index in [1.54, 1.807) is 54.6 Å². The van der Waals surface area contributed by atoms with Gasteiger partial charge in [-0.25, -0.2) is 9.78 Å². The highest BCUT2D eigenvalue weighted by molar-refractivity contribution is 6.36. The Morgan fingerprint density at radius 1 is 0.960 bits per heavy atom. The molecule has 0 aliphatic carbocycles. The van der Waals surface area contributed by atoms with Gasteiger partial charge >= 0.3 is 5.97 Å². The number of carboxylic acids is 1. The average Bonchev–Trinajstić information content (AvgIpc) is 3.50. The molecule has 0 unspecified atom stereocenters. The second-order valence-corrected chi connectivity index (χ2v) is 12.2. The van der Waals surface area contributed by atoms with Crippen molar-refractivity contribution in [3.63, 3.8) is 0 Å². The predicted octanol–water partition coefficient (Wildman–Crippen LogP) is 9.47. The number of aromatic carboxylic acids is 1. The molecule has 0 saturated carbocycles. The van der Waals surface area contributed by atoms with Gasteiger partial charge in [0, 0.05) is 35.1 Å². The van der Waals surface area contributed by atoms with Crippen molar-refractivity contribution < 1.29 is 19.4 Å². The van der Waals surface area contributed by atoms with Crippen LogP contribution < -0.4 is 15.8 Å². The van der Waals surface area contributed by atoms with E-state index in [1.807, 2.05) is 48.7 Å². The van der Waals surface area contributed by atoms with Crippen LogP contribution in [0.15, 0.2) is 103 Å². The Kier molecular flexibility index (Phi) is 15.2. The van der Waals surface area contributed by atoms with Gasteiger partial charge in [-0.15, -0.1) is 24.8 Å². The van der Waals surface area contributed by atoms with Crippen molar-refractivity contribution in [3.05, 3.63) is 141 Å². The zero-order valence-corrected chi connectivity index (χ0v) is 30.4. The van der Waals surface area contributed by atoms with Gasteiger partial charge in [-0.2, -0.15) is 0 Å². The maximum atomic E-state index is 13.3. The number of nitrogen functional groups attached to an aromatic ring is 1. The van der Waals surface area contributed by atoms with Crippen LogP contribution in [-0.2, 0) is 24.4 Å². The van der Waals surface area contributed by atoms with Crippen LogP contribution in [0.1, 0.15) is 58.7 Å². The highest BCUT2D eigenvalue weighted by Gasteiger charge is 2.23. The normalized spacial score (nSPS) is 11.3. The number of aromatic nitrogens is 2. The SMILES string of the molecule is CCCCn1cc(-c2ccc(Cl)cc2Cl)nc1[C@H](Cc1ccc(OCc2ccc(C(=O)O)cc2)cc1)NC(=O)C=Cc1ccc(N)cc1.Cl.Cl. The van der Waals surface area contributed by atoms with Crippen LogP contribution in [0.3, 0.4) is 0 Å². The van der Waals surface area contributed by atoms with Gasteiger partial charge in [0.15, 0.2) is 0 Å². The van der Waals surface area contributed by atoms with Crippen LogP contribution in [0.2, 0.25) is 10.0 Å². The van der Waals surface area contributed by atoms with Crippen molar-refractivity contribution in [2.45, 2.75) is 45.4 Å². The first kappa shape index (κ1) is 40.0. The standard InChI is InChI=1S/C38H36Cl2N4O4.2ClH/c1-2-3-20-44-23-35(32-18-13-29(39)22-33(32)40)43-37(44)34(42-36(45)19-10-25-6-14-30(41)15-7-25)21-26-8-16-31(17-9-26)48-24-27-4-11-28(12-5-27)38(46)47;;/h4-19,22-23,34H,2-3,20-21,24,41H2,1H3,(H,42,45)(H,46,47);2*1H/t34-;;/m0../s1. The maximum Gasteiger partial charge on any atom is 0.335 e. The molecule has 1 amide bonds. The van der Waals surface area contributed by atoms with E-state index in [0.29, 0.717) is 46.0 Å². The molecule has 1 aromatic heterocycles. The van der Waals surface area contributed by atoms with Crippen LogP contribution in [0, 0.1) is 0 Å². The molecule has 5 rings (SSSR count). The summed E-state index contributed by atoms with van der Waals surface area (Å²) in [6.07, 6.45) is 7.62. The number of imidazole rings is 1. The van der Waals surface area contributed by atoms with Gasteiger partial charge in [0.05, 0.1) is 22.3 Å². The second-order valence-electron chi connectivity index (χ2n) is 11.4. The first-order valence-corrected chi connectivity index (χ1v) is 16.3. The molecule has 0 aliphatic rings. The summed E-state index contributed by atoms with van der Waals surface area (Å²) in [6, 6.07) is 26.4. The molecular weight excluding hydrogens is 718 g/mol. The van der Waals surface area contributed by atoms with Crippen molar-refractivity contribution in [1.29, 1.82) is 0 Å². The number of carbonyl (C=O) groups is 2. The number of ether oxygens (including phenoxy) is 1. The monoisotopic (exact) mass is 754 g/mol. The molecule has 262 valence electrons. The summed E-state index contributed by atoms with van der Waals surface area (Å²) in [6.45, 7) is 3.14. The third-order valence-electron chi connectivity index (χ3n) is 7.73. The van der Waals surface area contributed by atoms with E-state index >= 15 is 0 Å². The number of benzene rings is 4. The van der Waals surface area contributed by atoms with E-state index in [1.165, 1.54) is 6.08 Å². The van der Waals surface area contributed by atoms with Crippen LogP contribution in [0.4, 0.5) is 5.69 Å². The third kappa shape index (κ3) is 11.0. The molecule has 50 heavy (non-hydrogen) atoms. The van der Waals surface area contributed by atoms with Crippen LogP contribution in [0.5, 0.6) is 5.75 Å². The largest absolute Gasteiger partial charge is 0.489 e. The van der Waals surface area contributed by atoms with Crippen LogP contribution in [0.25, 0.3) is 17.3 Å². The Morgan fingerprint density at radius 3 is 2.28 bits per heavy atom. The molecule has 0 bridgehead atoms. The number of hydrogen-bond acceptors (Lipinski definition) is 5. The fourth-order valence-electron chi connectivity index (χ4n) is 5.12. The lowest BCUT2D eigenvalue weighted by atomic mass is 10.0. The average molecular weight is 757 g/mol. The van der Waals surface area contributed by atoms with Crippen LogP contribution >= 0.6 is 48.0 Å². The molecule has 1 heterocycles. The van der Waals surface area contributed by atoms with Gasteiger partial charge in [0.2, 0.25) is 5.91 Å². The quantitative estimate of drug-likeness (QED) is 0.0768. The van der Waals surface area contributed by atoms with Gasteiger partial charge in [-0.3, -0.25) is 4.79 Å². The van der Waals surface area contributed by atoms with E-state index < -0.39 is 12.0 Å². The predicted molar refractivity (Wildman–Crippen MR) is 206 cm³/mol. The van der Waals surface area contributed by atoms with Crippen LogP contribution in [-0.4, -0.2) is 26.5 Å². The molecule has 4 N–H and O–H groups in total. The van der Waals surface area contributed by atoms with Crippen molar-refractivity contribution in [2.75, 3.05) is 5.73 Å². The highest BCUT2D eigenvalue weighted by Crippen LogP contribution is 2.32. The molecule has 8 nitrogen and oxygen atoms in total. The number of unbranched alkanes of at least 4 members (excludes halogenated alkanes) is 1. The summed E-state index contributed by atoms with van der Waals surface area (Å²) < 4.78 is 8.03. The van der Waals surface area contributed by atoms with E-state index in [9.17, 15) is 9.59 Å². The lowest BCUT2D eigenvalue weighted by Crippen LogP contribution is -2.30. The Hall–Kier alpha value is -4.47. The zero-order chi connectivity index (χ0) is 34.0. The molecule has 1 atom stereocenters. The van der Waals surface area contributed by atoms with Gasteiger partial charge in [-0.1, -0.05) is 72.9 Å². The summed E-state index contributed by atoms with van der Waals surface area (Å²) in [7, 11) is 0. The summed E-state index contributed by atoms with van der Waals surface area (Å²) >= 11 is 12.7. The Labute approximate surface area is 314 Å². The number of amides is 1. The molecule has 0 fully saturated rings. The number of nitrogens with one attached hydrogen (secondary N) is 1. The lowest BCUT2D eigenvalue weighted by molar-refractivity contribution is -0.117. The minimum atomic E-state index is -0.969. The van der Waals surface area contributed by atoms with E-state index in [2.05, 4.69) is 16.8 Å². The van der Waals surface area contributed by atoms with Gasteiger partial charge in [-0.05, 0) is 90.2 Å². The summed E-state index contributed by atoms with van der Waals surface area (Å²) in [5, 5.41) is 13.3. The smallest absolute Gasteiger partial charge is 0.335 e. The molecule has 0 radical (unpaired) electrons. The number of aryl methyl sites for hydroxylation is 1. The van der Waals surface area contributed by atoms with E-state index in [4.69, 9.17) is 43.8 Å². The zero-order valence-electron chi connectivity index (χ0n) is 27.2. The maximum absolute atomic E-state index is 13.3. The second kappa shape index (κ2) is 19.1. The topological polar surface area (TPSA) is 119 Å². The summed E-state index contributed by atoms with van der Waals surface area (Å²) in [5.41, 5.74) is 10.8. The lowest BCUT2D eigenvalue weighted by Gasteiger charge is -2.20. The molecule has 5 aromatic rings. The van der Waals surface area contributed by atoms with E-state index in [-0.39, 0.29) is 36.3 Å². The molecule has 0 aliphatic heterocycles. The Balaban J connectivity index is 0.00000338. The molecule has 12 heteroatoms. The van der Waals surface area contributed by atoms with Gasteiger partial charge < -0.3 is 25.5 Å². The minimum Gasteiger partial charge on any atom is -0.489 e. The van der Waals surface area contributed by atoms with Gasteiger partial charge in [0.25, 0.3) is 0 Å². The van der Waals surface area contributed by atoms with Gasteiger partial charge in [0.1, 0.15) is 18.2 Å². The number of nitrogens with zero attached hydrogens (tertiary/aromatic N) is 2. The molecule has 0 saturated heterocycles. The number of halogens is 4. The van der Waals surface area contributed by atoms with Crippen molar-refractivity contribution in [2.24, 2.45) is 0 Å². The van der Waals surface area contributed by atoms with E-state index in [0.717, 1.165) is 41.6 Å². The van der Waals surface area contributed by atoms with Crippen molar-refractivity contribution >= 4 is 71.7 Å². The summed E-state index contributed by atoms with van der Waals surface area (Å²) in [4.78, 5) is 29.5. The fourth-order valence-corrected chi connectivity index (χ4v) is 5.62. The number of carboxylic acid groups (broad SMARTS) is 1. The fraction of sp³-hybridized carbons (Fsp3) is 0.184. The first-order chi connectivity index (χ1) is 23.2. The van der Waals surface area contributed by atoms with Crippen molar-refractivity contribution in [1.82, 2.24) is 14.9 Å². The first-order valence-electron chi connectivity index (χ1n) is 15.6. The number of nitrogens with two attached hydrogens (primary N) is 1. The third-order valence-corrected chi connectivity index (χ3v) is 8.28. The molecule has 4 aromatic carbocycles. The number of anilines is 1. The number of rotatable bonds is 14. The number of hydrogen-bond donors (Lipinski definition) is 3.